The van der Waals surface area contributed by atoms with Crippen LogP contribution in [0, 0.1) is 0 Å². The Morgan fingerprint density at radius 2 is 1.57 bits per heavy atom. The van der Waals surface area contributed by atoms with Gasteiger partial charge in [0.05, 0.1) is 48.3 Å². The lowest BCUT2D eigenvalue weighted by atomic mass is 9.95. The summed E-state index contributed by atoms with van der Waals surface area (Å²) in [7, 11) is 0. The number of H-pyrrole nitrogens is 2. The van der Waals surface area contributed by atoms with Crippen molar-refractivity contribution in [1.82, 2.24) is 19.9 Å². The van der Waals surface area contributed by atoms with Crippen LogP contribution in [0.3, 0.4) is 0 Å². The first kappa shape index (κ1) is 23.6. The monoisotopic (exact) mass is 614 g/mol. The number of aromatic amines is 2. The Bertz CT molecular complexity index is 1830. The molecule has 182 valence electrons. The number of aromatic nitrogens is 4. The molecule has 2 aliphatic heterocycles. The molecule has 0 saturated carbocycles. The molecular formula is C29H20Br2N4O2. The number of hydrogen-bond donors (Lipinski definition) is 3. The molecule has 0 atom stereocenters. The summed E-state index contributed by atoms with van der Waals surface area (Å²) < 4.78 is 1.60. The zero-order chi connectivity index (χ0) is 25.7. The molecule has 0 amide bonds. The number of halogens is 2. The lowest BCUT2D eigenvalue weighted by Crippen LogP contribution is -2.03. The average Bonchev–Trinajstić information content (AvgIpc) is 3.70. The van der Waals surface area contributed by atoms with Crippen LogP contribution in [0.5, 0.6) is 0 Å². The Labute approximate surface area is 229 Å². The van der Waals surface area contributed by atoms with E-state index in [2.05, 4.69) is 41.8 Å². The van der Waals surface area contributed by atoms with Crippen molar-refractivity contribution in [3.63, 3.8) is 0 Å². The van der Waals surface area contributed by atoms with Gasteiger partial charge in [0.25, 0.3) is 0 Å². The number of carboxylic acid groups (broad SMARTS) is 1. The molecule has 6 nitrogen and oxygen atoms in total. The van der Waals surface area contributed by atoms with Crippen molar-refractivity contribution < 1.29 is 9.90 Å². The first-order chi connectivity index (χ1) is 17.9. The first-order valence-corrected chi connectivity index (χ1v) is 13.3. The molecule has 8 bridgehead atoms. The second-order valence-corrected chi connectivity index (χ2v) is 10.4. The van der Waals surface area contributed by atoms with Gasteiger partial charge in [-0.25, -0.2) is 14.8 Å². The molecule has 2 aliphatic rings. The zero-order valence-corrected chi connectivity index (χ0v) is 22.8. The van der Waals surface area contributed by atoms with Gasteiger partial charge >= 0.3 is 5.97 Å². The topological polar surface area (TPSA) is 94.7 Å². The van der Waals surface area contributed by atoms with Gasteiger partial charge in [0.1, 0.15) is 0 Å². The summed E-state index contributed by atoms with van der Waals surface area (Å²) in [6.45, 7) is 2.01. The highest BCUT2D eigenvalue weighted by Gasteiger charge is 2.22. The number of nitrogens with one attached hydrogen (secondary N) is 2. The van der Waals surface area contributed by atoms with E-state index in [0.717, 1.165) is 60.0 Å². The van der Waals surface area contributed by atoms with Gasteiger partial charge in [-0.15, -0.1) is 0 Å². The van der Waals surface area contributed by atoms with Gasteiger partial charge in [-0.05, 0) is 110 Å². The summed E-state index contributed by atoms with van der Waals surface area (Å²) in [5, 5.41) is 10.0. The van der Waals surface area contributed by atoms with Crippen molar-refractivity contribution in [3.8, 4) is 0 Å². The van der Waals surface area contributed by atoms with E-state index >= 15 is 0 Å². The van der Waals surface area contributed by atoms with E-state index in [0.29, 0.717) is 17.0 Å². The van der Waals surface area contributed by atoms with E-state index < -0.39 is 5.97 Å². The van der Waals surface area contributed by atoms with Crippen molar-refractivity contribution in [3.05, 3.63) is 103 Å². The van der Waals surface area contributed by atoms with Gasteiger partial charge in [-0.1, -0.05) is 19.1 Å². The van der Waals surface area contributed by atoms with Crippen LogP contribution in [0.1, 0.15) is 51.2 Å². The molecule has 5 heterocycles. The molecule has 0 unspecified atom stereocenters. The van der Waals surface area contributed by atoms with Crippen LogP contribution < -0.4 is 0 Å². The minimum atomic E-state index is -0.968. The van der Waals surface area contributed by atoms with E-state index in [9.17, 15) is 9.90 Å². The average molecular weight is 616 g/mol. The highest BCUT2D eigenvalue weighted by atomic mass is 79.9. The predicted octanol–water partition coefficient (Wildman–Crippen LogP) is 7.86. The number of carbonyl (C=O) groups is 1. The molecule has 0 aliphatic carbocycles. The zero-order valence-electron chi connectivity index (χ0n) is 19.6. The molecule has 0 saturated heterocycles. The van der Waals surface area contributed by atoms with E-state index in [-0.39, 0.29) is 5.56 Å². The van der Waals surface area contributed by atoms with Crippen LogP contribution in [0.15, 0.2) is 63.5 Å². The number of carboxylic acids is 1. The summed E-state index contributed by atoms with van der Waals surface area (Å²) in [6.07, 6.45) is 6.64. The second kappa shape index (κ2) is 9.28. The third-order valence-electron chi connectivity index (χ3n) is 6.39. The summed E-state index contributed by atoms with van der Waals surface area (Å²) in [5.41, 5.74) is 9.10. The Kier molecular flexibility index (Phi) is 5.93. The van der Waals surface area contributed by atoms with Crippen molar-refractivity contribution >= 4 is 83.7 Å². The van der Waals surface area contributed by atoms with Gasteiger partial charge in [0, 0.05) is 16.6 Å². The third kappa shape index (κ3) is 4.36. The fourth-order valence-corrected chi connectivity index (χ4v) is 5.51. The Morgan fingerprint density at radius 1 is 0.865 bits per heavy atom. The van der Waals surface area contributed by atoms with E-state index in [4.69, 9.17) is 9.97 Å². The normalized spacial score (nSPS) is 12.6. The maximum atomic E-state index is 12.2. The Morgan fingerprint density at radius 3 is 2.27 bits per heavy atom. The second-order valence-electron chi connectivity index (χ2n) is 8.81. The number of aryl methyl sites for hydroxylation is 1. The van der Waals surface area contributed by atoms with Gasteiger partial charge in [-0.2, -0.15) is 0 Å². The number of fused-ring (bicyclic) bond motifs is 8. The summed E-state index contributed by atoms with van der Waals surface area (Å²) >= 11 is 7.45. The standard InChI is InChI=1S/C29H20Br2N4O2/c1-2-15-3-7-20(22(11-15)29(36)37)21-14-19-13-18-5-9-24(33-18)26(30)23-8-4-16(32-23)12-17-6-10-25(34-17)27(31)28(21)35-19/h3-14,33-34H,2H2,1H3,(H,36,37). The van der Waals surface area contributed by atoms with Gasteiger partial charge < -0.3 is 15.1 Å². The van der Waals surface area contributed by atoms with Crippen LogP contribution in [-0.4, -0.2) is 31.0 Å². The molecule has 0 radical (unpaired) electrons. The van der Waals surface area contributed by atoms with Crippen LogP contribution in [0.25, 0.3) is 45.9 Å². The van der Waals surface area contributed by atoms with Gasteiger partial charge in [0.15, 0.2) is 0 Å². The molecule has 3 aromatic heterocycles. The first-order valence-electron chi connectivity index (χ1n) is 11.7. The maximum absolute atomic E-state index is 12.2. The fraction of sp³-hybridized carbons (Fsp3) is 0.0690. The summed E-state index contributed by atoms with van der Waals surface area (Å²) in [5.74, 6) is -0.968. The van der Waals surface area contributed by atoms with Crippen molar-refractivity contribution in [2.75, 3.05) is 0 Å². The van der Waals surface area contributed by atoms with Crippen LogP contribution in [0.4, 0.5) is 0 Å². The SMILES string of the molecule is CCc1ccc(C2=Cc3cc4ccc([nH]4)c(Br)c4nc(cc5ccc([nH]5)c(Br)c2n3)C=C4)c(C(=O)O)c1. The van der Waals surface area contributed by atoms with Crippen LogP contribution in [-0.2, 0) is 6.42 Å². The summed E-state index contributed by atoms with van der Waals surface area (Å²) in [6, 6.07) is 17.4. The molecular weight excluding hydrogens is 596 g/mol. The minimum Gasteiger partial charge on any atom is -0.478 e. The van der Waals surface area contributed by atoms with Crippen molar-refractivity contribution in [1.29, 1.82) is 0 Å². The predicted molar refractivity (Wildman–Crippen MR) is 155 cm³/mol. The number of rotatable bonds is 3. The smallest absolute Gasteiger partial charge is 0.336 e. The minimum absolute atomic E-state index is 0.254. The van der Waals surface area contributed by atoms with E-state index in [1.165, 1.54) is 0 Å². The molecule has 3 N–H and O–H groups in total. The summed E-state index contributed by atoms with van der Waals surface area (Å²) in [4.78, 5) is 28.7. The molecule has 0 fully saturated rings. The lowest BCUT2D eigenvalue weighted by molar-refractivity contribution is 0.0696. The molecule has 0 spiro atoms. The largest absolute Gasteiger partial charge is 0.478 e. The van der Waals surface area contributed by atoms with E-state index in [1.54, 1.807) is 6.07 Å². The van der Waals surface area contributed by atoms with Gasteiger partial charge in [-0.3, -0.25) is 0 Å². The number of aromatic carboxylic acids is 1. The quantitative estimate of drug-likeness (QED) is 0.189. The number of benzene rings is 1. The van der Waals surface area contributed by atoms with Crippen molar-refractivity contribution in [2.24, 2.45) is 0 Å². The fourth-order valence-electron chi connectivity index (χ4n) is 4.52. The molecule has 4 aromatic rings. The van der Waals surface area contributed by atoms with Crippen LogP contribution in [0.2, 0.25) is 0 Å². The molecule has 37 heavy (non-hydrogen) atoms. The molecule has 6 rings (SSSR count). The Hall–Kier alpha value is -3.75. The lowest BCUT2D eigenvalue weighted by Gasteiger charge is -2.10. The van der Waals surface area contributed by atoms with Crippen molar-refractivity contribution in [2.45, 2.75) is 13.3 Å². The number of nitrogens with zero attached hydrogens (tertiary/aromatic N) is 2. The Balaban J connectivity index is 1.68. The van der Waals surface area contributed by atoms with Crippen LogP contribution >= 0.6 is 31.9 Å². The number of hydrogen-bond acceptors (Lipinski definition) is 3. The molecule has 8 heteroatoms. The molecule has 1 aromatic carbocycles. The van der Waals surface area contributed by atoms with E-state index in [1.807, 2.05) is 73.7 Å². The van der Waals surface area contributed by atoms with Gasteiger partial charge in [0.2, 0.25) is 0 Å². The third-order valence-corrected chi connectivity index (χ3v) is 8.03. The highest BCUT2D eigenvalue weighted by Crippen LogP contribution is 2.36. The maximum Gasteiger partial charge on any atom is 0.336 e. The highest BCUT2D eigenvalue weighted by molar-refractivity contribution is 9.11.